The van der Waals surface area contributed by atoms with Crippen LogP contribution in [0.15, 0.2) is 76.7 Å². The second kappa shape index (κ2) is 11.2. The number of nitrogens with zero attached hydrogens (tertiary/aromatic N) is 4. The minimum atomic E-state index is -0.357. The van der Waals surface area contributed by atoms with E-state index in [1.165, 1.54) is 0 Å². The molecule has 1 N–H and O–H groups in total. The van der Waals surface area contributed by atoms with Crippen molar-refractivity contribution in [2.75, 3.05) is 6.61 Å². The summed E-state index contributed by atoms with van der Waals surface area (Å²) in [5.41, 5.74) is 2.88. The van der Waals surface area contributed by atoms with Gasteiger partial charge in [-0.2, -0.15) is 0 Å². The van der Waals surface area contributed by atoms with Crippen molar-refractivity contribution >= 4 is 0 Å². The first kappa shape index (κ1) is 23.1. The molecule has 0 unspecified atom stereocenters. The van der Waals surface area contributed by atoms with Crippen LogP contribution >= 0.6 is 0 Å². The average Bonchev–Trinajstić information content (AvgIpc) is 2.87. The third-order valence-electron chi connectivity index (χ3n) is 5.40. The minimum absolute atomic E-state index is 0.327. The molecule has 0 aromatic carbocycles. The van der Waals surface area contributed by atoms with Crippen LogP contribution in [0.25, 0.3) is 22.8 Å². The summed E-state index contributed by atoms with van der Waals surface area (Å²) in [6.45, 7) is 2.86. The zero-order chi connectivity index (χ0) is 23.8. The van der Waals surface area contributed by atoms with E-state index in [0.717, 1.165) is 54.2 Å². The lowest BCUT2D eigenvalue weighted by Crippen LogP contribution is -2.30. The third-order valence-corrected chi connectivity index (χ3v) is 5.40. The molecule has 0 aliphatic carbocycles. The van der Waals surface area contributed by atoms with E-state index in [0.29, 0.717) is 18.7 Å². The van der Waals surface area contributed by atoms with Crippen LogP contribution in [0.5, 0.6) is 5.75 Å². The van der Waals surface area contributed by atoms with E-state index in [2.05, 4.69) is 15.0 Å². The molecule has 0 bridgehead atoms. The summed E-state index contributed by atoms with van der Waals surface area (Å²) in [7, 11) is 0. The number of aromatic amines is 1. The predicted octanol–water partition coefficient (Wildman–Crippen LogP) is 4.00. The molecule has 0 aliphatic heterocycles. The number of unbranched alkanes of at least 4 members (excludes halogenated alkanes) is 3. The third kappa shape index (κ3) is 6.04. The van der Waals surface area contributed by atoms with Crippen molar-refractivity contribution in [2.24, 2.45) is 0 Å². The lowest BCUT2D eigenvalue weighted by molar-refractivity contribution is 0.304. The number of rotatable bonds is 10. The monoisotopic (exact) mass is 457 g/mol. The molecule has 4 aromatic rings. The van der Waals surface area contributed by atoms with Gasteiger partial charge < -0.3 is 9.30 Å². The summed E-state index contributed by atoms with van der Waals surface area (Å²) in [5, 5.41) is 0. The van der Waals surface area contributed by atoms with Crippen LogP contribution in [0.2, 0.25) is 0 Å². The van der Waals surface area contributed by atoms with E-state index in [1.807, 2.05) is 48.5 Å². The van der Waals surface area contributed by atoms with Crippen LogP contribution in [0.4, 0.5) is 0 Å². The van der Waals surface area contributed by atoms with Crippen molar-refractivity contribution in [1.82, 2.24) is 24.5 Å². The largest absolute Gasteiger partial charge is 0.493 e. The standard InChI is InChI=1S/C26H27N5O3/c1-19-18-31(26(33)30-25(19)32)14-8-2-3-9-15-34-20-16-23(21-10-4-6-12-27-21)29-24(17-20)22-11-5-7-13-28-22/h4-7,10-13,16-18H,2-3,8-9,14-15H2,1H3,(H,30,32,33). The number of aryl methyl sites for hydroxylation is 2. The molecule has 34 heavy (non-hydrogen) atoms. The van der Waals surface area contributed by atoms with E-state index in [4.69, 9.17) is 9.72 Å². The Kier molecular flexibility index (Phi) is 7.60. The second-order valence-corrected chi connectivity index (χ2v) is 8.03. The summed E-state index contributed by atoms with van der Waals surface area (Å²) < 4.78 is 7.61. The van der Waals surface area contributed by atoms with E-state index in [1.54, 1.807) is 30.1 Å². The molecular weight excluding hydrogens is 430 g/mol. The number of H-pyrrole nitrogens is 1. The number of ether oxygens (including phenoxy) is 1. The average molecular weight is 458 g/mol. The van der Waals surface area contributed by atoms with Crippen molar-refractivity contribution in [1.29, 1.82) is 0 Å². The first-order valence-electron chi connectivity index (χ1n) is 11.4. The van der Waals surface area contributed by atoms with E-state index in [-0.39, 0.29) is 11.2 Å². The van der Waals surface area contributed by atoms with Gasteiger partial charge in [0.05, 0.1) is 29.4 Å². The highest BCUT2D eigenvalue weighted by Gasteiger charge is 2.09. The Morgan fingerprint density at radius 1 is 0.853 bits per heavy atom. The maximum absolute atomic E-state index is 11.8. The Morgan fingerprint density at radius 3 is 2.12 bits per heavy atom. The van der Waals surface area contributed by atoms with Gasteiger partial charge in [-0.3, -0.25) is 19.7 Å². The fourth-order valence-corrected chi connectivity index (χ4v) is 3.59. The molecule has 4 heterocycles. The van der Waals surface area contributed by atoms with Crippen LogP contribution in [0.1, 0.15) is 31.2 Å². The summed E-state index contributed by atoms with van der Waals surface area (Å²) in [5.74, 6) is 0.728. The molecule has 0 atom stereocenters. The first-order chi connectivity index (χ1) is 16.6. The topological polar surface area (TPSA) is 103 Å². The van der Waals surface area contributed by atoms with Crippen LogP contribution in [-0.2, 0) is 6.54 Å². The summed E-state index contributed by atoms with van der Waals surface area (Å²) >= 11 is 0. The van der Waals surface area contributed by atoms with E-state index < -0.39 is 0 Å². The molecule has 8 heteroatoms. The summed E-state index contributed by atoms with van der Waals surface area (Å²) in [6, 6.07) is 15.3. The smallest absolute Gasteiger partial charge is 0.328 e. The normalized spacial score (nSPS) is 10.9. The molecule has 174 valence electrons. The van der Waals surface area contributed by atoms with Crippen LogP contribution in [-0.4, -0.2) is 31.1 Å². The Hall–Kier alpha value is -4.07. The SMILES string of the molecule is Cc1cn(CCCCCCOc2cc(-c3ccccn3)nc(-c3ccccn3)c2)c(=O)[nH]c1=O. The van der Waals surface area contributed by atoms with Gasteiger partial charge >= 0.3 is 5.69 Å². The Balaban J connectivity index is 1.33. The van der Waals surface area contributed by atoms with Crippen molar-refractivity contribution in [2.45, 2.75) is 39.2 Å². The highest BCUT2D eigenvalue weighted by molar-refractivity contribution is 5.64. The van der Waals surface area contributed by atoms with E-state index >= 15 is 0 Å². The Labute approximate surface area is 197 Å². The Bertz CT molecular complexity index is 1280. The van der Waals surface area contributed by atoms with Crippen molar-refractivity contribution in [3.05, 3.63) is 93.5 Å². The molecule has 0 saturated heterocycles. The Morgan fingerprint density at radius 2 is 1.50 bits per heavy atom. The molecule has 0 fully saturated rings. The number of hydrogen-bond acceptors (Lipinski definition) is 6. The van der Waals surface area contributed by atoms with E-state index in [9.17, 15) is 9.59 Å². The van der Waals surface area contributed by atoms with Crippen molar-refractivity contribution < 1.29 is 4.74 Å². The molecule has 4 aromatic heterocycles. The predicted molar refractivity (Wildman–Crippen MR) is 131 cm³/mol. The minimum Gasteiger partial charge on any atom is -0.493 e. The van der Waals surface area contributed by atoms with Gasteiger partial charge in [0.15, 0.2) is 0 Å². The molecule has 8 nitrogen and oxygen atoms in total. The lowest BCUT2D eigenvalue weighted by Gasteiger charge is -2.11. The molecule has 0 aliphatic rings. The highest BCUT2D eigenvalue weighted by Crippen LogP contribution is 2.26. The van der Waals surface area contributed by atoms with Crippen molar-refractivity contribution in [3.63, 3.8) is 0 Å². The fourth-order valence-electron chi connectivity index (χ4n) is 3.59. The molecule has 4 rings (SSSR count). The van der Waals surface area contributed by atoms with Gasteiger partial charge in [-0.05, 0) is 44.0 Å². The molecule has 0 saturated carbocycles. The van der Waals surface area contributed by atoms with Crippen molar-refractivity contribution in [3.8, 4) is 28.5 Å². The molecule has 0 amide bonds. The molecule has 0 radical (unpaired) electrons. The van der Waals surface area contributed by atoms with Gasteiger partial charge in [0.2, 0.25) is 0 Å². The zero-order valence-electron chi connectivity index (χ0n) is 19.1. The van der Waals surface area contributed by atoms with Gasteiger partial charge in [-0.1, -0.05) is 25.0 Å². The van der Waals surface area contributed by atoms with Crippen LogP contribution < -0.4 is 16.0 Å². The molecular formula is C26H27N5O3. The highest BCUT2D eigenvalue weighted by atomic mass is 16.5. The summed E-state index contributed by atoms with van der Waals surface area (Å²) in [4.78, 5) is 39.2. The van der Waals surface area contributed by atoms with Gasteiger partial charge in [-0.15, -0.1) is 0 Å². The maximum atomic E-state index is 11.8. The van der Waals surface area contributed by atoms with Gasteiger partial charge in [0.1, 0.15) is 5.75 Å². The molecule has 0 spiro atoms. The fraction of sp³-hybridized carbons (Fsp3) is 0.269. The number of nitrogens with one attached hydrogen (secondary N) is 1. The zero-order valence-corrected chi connectivity index (χ0v) is 19.1. The lowest BCUT2D eigenvalue weighted by atomic mass is 10.2. The summed E-state index contributed by atoms with van der Waals surface area (Å²) in [6.07, 6.45) is 8.78. The van der Waals surface area contributed by atoms with Crippen LogP contribution in [0, 0.1) is 6.92 Å². The number of aromatic nitrogens is 5. The van der Waals surface area contributed by atoms with Gasteiger partial charge in [0.25, 0.3) is 5.56 Å². The number of hydrogen-bond donors (Lipinski definition) is 1. The second-order valence-electron chi connectivity index (χ2n) is 8.03. The maximum Gasteiger partial charge on any atom is 0.328 e. The first-order valence-corrected chi connectivity index (χ1v) is 11.4. The van der Waals surface area contributed by atoms with Gasteiger partial charge in [-0.25, -0.2) is 9.78 Å². The quantitative estimate of drug-likeness (QED) is 0.361. The van der Waals surface area contributed by atoms with Gasteiger partial charge in [0, 0.05) is 42.8 Å². The van der Waals surface area contributed by atoms with Crippen LogP contribution in [0.3, 0.4) is 0 Å². The number of pyridine rings is 3.